The average Bonchev–Trinajstić information content (AvgIpc) is 2.40. The largest absolute Gasteiger partial charge is 0.370 e. The van der Waals surface area contributed by atoms with Crippen LogP contribution in [0.25, 0.3) is 0 Å². The molecule has 0 saturated heterocycles. The molecule has 0 atom stereocenters. The van der Waals surface area contributed by atoms with E-state index in [0.717, 1.165) is 38.0 Å². The first kappa shape index (κ1) is 15.5. The maximum absolute atomic E-state index is 11.5. The topological polar surface area (TPSA) is 45.2 Å². The number of carbonyl (C=O) groups is 1. The number of pyridine rings is 1. The number of hydrogen-bond donors (Lipinski definition) is 1. The molecule has 1 aromatic rings. The van der Waals surface area contributed by atoms with Gasteiger partial charge >= 0.3 is 0 Å². The number of rotatable bonds is 8. The third-order valence-electron chi connectivity index (χ3n) is 2.84. The number of hydrogen-bond acceptors (Lipinski definition) is 3. The van der Waals surface area contributed by atoms with Crippen LogP contribution in [0.2, 0.25) is 0 Å². The quantitative estimate of drug-likeness (QED) is 0.781. The van der Waals surface area contributed by atoms with Crippen LogP contribution in [0.3, 0.4) is 0 Å². The zero-order chi connectivity index (χ0) is 14.1. The second-order valence-electron chi connectivity index (χ2n) is 4.69. The van der Waals surface area contributed by atoms with Crippen molar-refractivity contribution in [2.45, 2.75) is 46.5 Å². The molecule has 1 N–H and O–H groups in total. The lowest BCUT2D eigenvalue weighted by Gasteiger charge is -2.23. The number of amides is 1. The van der Waals surface area contributed by atoms with Crippen molar-refractivity contribution in [2.24, 2.45) is 0 Å². The highest BCUT2D eigenvalue weighted by Gasteiger charge is 2.06. The van der Waals surface area contributed by atoms with E-state index in [9.17, 15) is 4.79 Å². The fraction of sp³-hybridized carbons (Fsp3) is 0.600. The van der Waals surface area contributed by atoms with E-state index < -0.39 is 0 Å². The molecular formula is C15H25N3O. The van der Waals surface area contributed by atoms with Crippen LogP contribution in [0.4, 0.5) is 11.5 Å². The van der Waals surface area contributed by atoms with Crippen LogP contribution >= 0.6 is 0 Å². The zero-order valence-electron chi connectivity index (χ0n) is 12.3. The van der Waals surface area contributed by atoms with Crippen molar-refractivity contribution in [3.63, 3.8) is 0 Å². The van der Waals surface area contributed by atoms with Gasteiger partial charge in [-0.1, -0.05) is 20.8 Å². The molecular weight excluding hydrogens is 238 g/mol. The summed E-state index contributed by atoms with van der Waals surface area (Å²) >= 11 is 0. The first-order valence-electron chi connectivity index (χ1n) is 7.22. The van der Waals surface area contributed by atoms with Gasteiger partial charge in [-0.15, -0.1) is 0 Å². The second kappa shape index (κ2) is 8.51. The molecule has 0 spiro atoms. The number of carbonyl (C=O) groups excluding carboxylic acids is 1. The molecule has 0 bridgehead atoms. The maximum Gasteiger partial charge on any atom is 0.225 e. The van der Waals surface area contributed by atoms with Crippen LogP contribution in [-0.2, 0) is 4.79 Å². The first-order valence-corrected chi connectivity index (χ1v) is 7.22. The van der Waals surface area contributed by atoms with E-state index in [1.807, 2.05) is 25.3 Å². The Labute approximate surface area is 116 Å². The van der Waals surface area contributed by atoms with Gasteiger partial charge in [0.2, 0.25) is 5.91 Å². The van der Waals surface area contributed by atoms with Crippen molar-refractivity contribution in [1.29, 1.82) is 0 Å². The minimum atomic E-state index is 0.0294. The lowest BCUT2D eigenvalue weighted by molar-refractivity contribution is -0.116. The van der Waals surface area contributed by atoms with Crippen LogP contribution in [0.1, 0.15) is 46.5 Å². The van der Waals surface area contributed by atoms with Gasteiger partial charge in [-0.25, -0.2) is 4.98 Å². The highest BCUT2D eigenvalue weighted by Crippen LogP contribution is 2.16. The summed E-state index contributed by atoms with van der Waals surface area (Å²) in [6.45, 7) is 8.42. The zero-order valence-corrected chi connectivity index (χ0v) is 12.3. The molecule has 4 heteroatoms. The predicted octanol–water partition coefficient (Wildman–Crippen LogP) is 3.45. The van der Waals surface area contributed by atoms with Crippen LogP contribution in [-0.4, -0.2) is 24.0 Å². The van der Waals surface area contributed by atoms with E-state index in [0.29, 0.717) is 12.2 Å². The van der Waals surface area contributed by atoms with Gasteiger partial charge in [-0.05, 0) is 31.4 Å². The SMILES string of the molecule is CCCC(=O)Nc1ccc(N(CCC)CCC)cn1. The molecule has 4 nitrogen and oxygen atoms in total. The summed E-state index contributed by atoms with van der Waals surface area (Å²) in [5, 5.41) is 2.80. The average molecular weight is 263 g/mol. The summed E-state index contributed by atoms with van der Waals surface area (Å²) in [5.74, 6) is 0.664. The smallest absolute Gasteiger partial charge is 0.225 e. The predicted molar refractivity (Wildman–Crippen MR) is 80.6 cm³/mol. The molecule has 106 valence electrons. The second-order valence-corrected chi connectivity index (χ2v) is 4.69. The summed E-state index contributed by atoms with van der Waals surface area (Å²) in [4.78, 5) is 18.1. The fourth-order valence-electron chi connectivity index (χ4n) is 1.99. The minimum absolute atomic E-state index is 0.0294. The van der Waals surface area contributed by atoms with E-state index in [1.165, 1.54) is 0 Å². The van der Waals surface area contributed by atoms with E-state index in [2.05, 4.69) is 29.0 Å². The Balaban J connectivity index is 2.65. The monoisotopic (exact) mass is 263 g/mol. The molecule has 1 aromatic heterocycles. The van der Waals surface area contributed by atoms with E-state index in [1.54, 1.807) is 0 Å². The van der Waals surface area contributed by atoms with Crippen LogP contribution in [0, 0.1) is 0 Å². The maximum atomic E-state index is 11.5. The van der Waals surface area contributed by atoms with Crippen molar-refractivity contribution in [1.82, 2.24) is 4.98 Å². The van der Waals surface area contributed by atoms with Crippen molar-refractivity contribution < 1.29 is 4.79 Å². The fourth-order valence-corrected chi connectivity index (χ4v) is 1.99. The number of aromatic nitrogens is 1. The number of nitrogens with one attached hydrogen (secondary N) is 1. The van der Waals surface area contributed by atoms with E-state index in [4.69, 9.17) is 0 Å². The van der Waals surface area contributed by atoms with Crippen molar-refractivity contribution in [3.8, 4) is 0 Å². The van der Waals surface area contributed by atoms with Crippen LogP contribution in [0.15, 0.2) is 18.3 Å². The number of anilines is 2. The highest BCUT2D eigenvalue weighted by molar-refractivity contribution is 5.89. The molecule has 0 fully saturated rings. The molecule has 19 heavy (non-hydrogen) atoms. The third-order valence-corrected chi connectivity index (χ3v) is 2.84. The Hall–Kier alpha value is -1.58. The molecule has 0 aliphatic carbocycles. The molecule has 0 aliphatic rings. The van der Waals surface area contributed by atoms with E-state index >= 15 is 0 Å². The first-order chi connectivity index (χ1) is 9.21. The highest BCUT2D eigenvalue weighted by atomic mass is 16.1. The van der Waals surface area contributed by atoms with Crippen LogP contribution in [0.5, 0.6) is 0 Å². The Morgan fingerprint density at radius 2 is 1.84 bits per heavy atom. The summed E-state index contributed by atoms with van der Waals surface area (Å²) in [5.41, 5.74) is 1.12. The van der Waals surface area contributed by atoms with Gasteiger partial charge < -0.3 is 10.2 Å². The summed E-state index contributed by atoms with van der Waals surface area (Å²) in [7, 11) is 0. The molecule has 1 amide bonds. The van der Waals surface area contributed by atoms with Gasteiger partial charge in [0.1, 0.15) is 5.82 Å². The van der Waals surface area contributed by atoms with Crippen LogP contribution < -0.4 is 10.2 Å². The summed E-state index contributed by atoms with van der Waals surface area (Å²) in [6.07, 6.45) is 5.47. The lowest BCUT2D eigenvalue weighted by atomic mass is 10.3. The Bertz CT molecular complexity index is 369. The van der Waals surface area contributed by atoms with Crippen molar-refractivity contribution >= 4 is 17.4 Å². The Morgan fingerprint density at radius 3 is 2.32 bits per heavy atom. The molecule has 0 radical (unpaired) electrons. The normalized spacial score (nSPS) is 10.3. The minimum Gasteiger partial charge on any atom is -0.370 e. The lowest BCUT2D eigenvalue weighted by Crippen LogP contribution is -2.25. The standard InChI is InChI=1S/C15H25N3O/c1-4-7-15(19)17-14-9-8-13(12-16-14)18(10-5-2)11-6-3/h8-9,12H,4-7,10-11H2,1-3H3,(H,16,17,19). The molecule has 0 aliphatic heterocycles. The molecule has 1 rings (SSSR count). The summed E-state index contributed by atoms with van der Waals surface area (Å²) < 4.78 is 0. The summed E-state index contributed by atoms with van der Waals surface area (Å²) in [6, 6.07) is 3.90. The van der Waals surface area contributed by atoms with Gasteiger partial charge in [0, 0.05) is 19.5 Å². The molecule has 0 saturated carbocycles. The van der Waals surface area contributed by atoms with Gasteiger partial charge in [0.15, 0.2) is 0 Å². The number of nitrogens with zero attached hydrogens (tertiary/aromatic N) is 2. The molecule has 0 unspecified atom stereocenters. The van der Waals surface area contributed by atoms with E-state index in [-0.39, 0.29) is 5.91 Å². The van der Waals surface area contributed by atoms with Gasteiger partial charge in [0.05, 0.1) is 11.9 Å². The molecule has 1 heterocycles. The van der Waals surface area contributed by atoms with Crippen molar-refractivity contribution in [3.05, 3.63) is 18.3 Å². The van der Waals surface area contributed by atoms with Crippen molar-refractivity contribution in [2.75, 3.05) is 23.3 Å². The Morgan fingerprint density at radius 1 is 1.16 bits per heavy atom. The van der Waals surface area contributed by atoms with Gasteiger partial charge in [-0.2, -0.15) is 0 Å². The van der Waals surface area contributed by atoms with Gasteiger partial charge in [0.25, 0.3) is 0 Å². The Kier molecular flexibility index (Phi) is 6.93. The van der Waals surface area contributed by atoms with Gasteiger partial charge in [-0.3, -0.25) is 4.79 Å². The third kappa shape index (κ3) is 5.28. The molecule has 0 aromatic carbocycles.